The number of hydrogen-bond donors (Lipinski definition) is 1. The number of furan rings is 1. The zero-order valence-corrected chi connectivity index (χ0v) is 13.6. The molecule has 0 atom stereocenters. The molecule has 0 amide bonds. The minimum atomic E-state index is 0. The van der Waals surface area contributed by atoms with Gasteiger partial charge >= 0.3 is 0 Å². The zero-order chi connectivity index (χ0) is 13.8. The molecule has 114 valence electrons. The summed E-state index contributed by atoms with van der Waals surface area (Å²) in [4.78, 5) is 0. The highest BCUT2D eigenvalue weighted by atomic mass is 35.5. The van der Waals surface area contributed by atoms with E-state index in [4.69, 9.17) is 16.0 Å². The number of halogens is 2. The normalized spacial score (nSPS) is 15.7. The van der Waals surface area contributed by atoms with Gasteiger partial charge in [0.15, 0.2) is 0 Å². The van der Waals surface area contributed by atoms with E-state index in [1.54, 1.807) is 0 Å². The summed E-state index contributed by atoms with van der Waals surface area (Å²) in [6.45, 7) is 0.811. The summed E-state index contributed by atoms with van der Waals surface area (Å²) in [6, 6.07) is 12.5. The van der Waals surface area contributed by atoms with E-state index in [1.165, 1.54) is 32.1 Å². The summed E-state index contributed by atoms with van der Waals surface area (Å²) in [7, 11) is 0. The smallest absolute Gasteiger partial charge is 0.134 e. The number of nitrogens with one attached hydrogen (secondary N) is 1. The fourth-order valence-corrected chi connectivity index (χ4v) is 3.01. The van der Waals surface area contributed by atoms with E-state index < -0.39 is 0 Å². The fourth-order valence-electron chi connectivity index (χ4n) is 2.82. The molecule has 4 heteroatoms. The molecule has 0 saturated heterocycles. The zero-order valence-electron chi connectivity index (χ0n) is 12.0. The lowest BCUT2D eigenvalue weighted by atomic mass is 9.95. The largest absolute Gasteiger partial charge is 0.460 e. The van der Waals surface area contributed by atoms with Gasteiger partial charge in [0.05, 0.1) is 6.54 Å². The van der Waals surface area contributed by atoms with Crippen molar-refractivity contribution in [1.82, 2.24) is 5.32 Å². The van der Waals surface area contributed by atoms with Gasteiger partial charge in [0, 0.05) is 16.6 Å². The molecule has 1 aromatic heterocycles. The Morgan fingerprint density at radius 2 is 1.90 bits per heavy atom. The van der Waals surface area contributed by atoms with Crippen molar-refractivity contribution >= 4 is 24.0 Å². The molecule has 0 radical (unpaired) electrons. The van der Waals surface area contributed by atoms with Crippen LogP contribution in [0, 0.1) is 0 Å². The van der Waals surface area contributed by atoms with Crippen molar-refractivity contribution in [2.24, 2.45) is 0 Å². The first-order valence-electron chi connectivity index (χ1n) is 7.39. The van der Waals surface area contributed by atoms with Gasteiger partial charge in [-0.3, -0.25) is 0 Å². The quantitative estimate of drug-likeness (QED) is 0.809. The Bertz CT molecular complexity index is 561. The lowest BCUT2D eigenvalue weighted by molar-refractivity contribution is 0.358. The van der Waals surface area contributed by atoms with Crippen LogP contribution in [-0.2, 0) is 6.54 Å². The van der Waals surface area contributed by atoms with E-state index in [0.717, 1.165) is 28.7 Å². The summed E-state index contributed by atoms with van der Waals surface area (Å²) in [5.74, 6) is 1.87. The van der Waals surface area contributed by atoms with Crippen LogP contribution < -0.4 is 5.32 Å². The van der Waals surface area contributed by atoms with Gasteiger partial charge in [-0.1, -0.05) is 43.0 Å². The molecule has 3 rings (SSSR count). The van der Waals surface area contributed by atoms with Crippen LogP contribution in [0.4, 0.5) is 0 Å². The summed E-state index contributed by atoms with van der Waals surface area (Å²) < 4.78 is 5.89. The third-order valence-corrected chi connectivity index (χ3v) is 4.18. The molecule has 2 aromatic rings. The standard InChI is InChI=1S/C17H20ClNO.ClH/c18-14-6-4-5-13(11-14)17-10-9-16(20-17)12-19-15-7-2-1-3-8-15;/h4-6,9-11,15,19H,1-3,7-8,12H2;1H. The molecule has 1 heterocycles. The second kappa shape index (κ2) is 7.88. The Labute approximate surface area is 137 Å². The maximum atomic E-state index is 6.01. The monoisotopic (exact) mass is 325 g/mol. The molecular formula is C17H21Cl2NO. The summed E-state index contributed by atoms with van der Waals surface area (Å²) in [6.07, 6.45) is 6.68. The van der Waals surface area contributed by atoms with Gasteiger partial charge in [-0.25, -0.2) is 0 Å². The van der Waals surface area contributed by atoms with E-state index in [2.05, 4.69) is 5.32 Å². The van der Waals surface area contributed by atoms with Crippen molar-refractivity contribution in [2.75, 3.05) is 0 Å². The first-order chi connectivity index (χ1) is 9.81. The molecule has 21 heavy (non-hydrogen) atoms. The van der Waals surface area contributed by atoms with Crippen molar-refractivity contribution < 1.29 is 4.42 Å². The van der Waals surface area contributed by atoms with Crippen LogP contribution in [0.15, 0.2) is 40.8 Å². The van der Waals surface area contributed by atoms with Gasteiger partial charge in [-0.05, 0) is 37.1 Å². The predicted octanol–water partition coefficient (Wildman–Crippen LogP) is 5.44. The average Bonchev–Trinajstić information content (AvgIpc) is 2.95. The fraction of sp³-hybridized carbons (Fsp3) is 0.412. The molecule has 1 aliphatic rings. The average molecular weight is 326 g/mol. The maximum Gasteiger partial charge on any atom is 0.134 e. The van der Waals surface area contributed by atoms with Crippen molar-refractivity contribution in [3.8, 4) is 11.3 Å². The molecule has 0 spiro atoms. The predicted molar refractivity (Wildman–Crippen MR) is 90.1 cm³/mol. The summed E-state index contributed by atoms with van der Waals surface area (Å²) in [5.41, 5.74) is 1.03. The second-order valence-corrected chi connectivity index (χ2v) is 5.93. The number of rotatable bonds is 4. The van der Waals surface area contributed by atoms with Crippen LogP contribution in [-0.4, -0.2) is 6.04 Å². The van der Waals surface area contributed by atoms with Crippen LogP contribution in [0.5, 0.6) is 0 Å². The Morgan fingerprint density at radius 3 is 2.67 bits per heavy atom. The number of benzene rings is 1. The van der Waals surface area contributed by atoms with Gasteiger partial charge in [-0.2, -0.15) is 0 Å². The Morgan fingerprint density at radius 1 is 1.10 bits per heavy atom. The number of hydrogen-bond acceptors (Lipinski definition) is 2. The highest BCUT2D eigenvalue weighted by molar-refractivity contribution is 6.30. The van der Waals surface area contributed by atoms with Gasteiger partial charge in [0.25, 0.3) is 0 Å². The van der Waals surface area contributed by atoms with Gasteiger partial charge in [0.2, 0.25) is 0 Å². The first kappa shape index (κ1) is 16.4. The lowest BCUT2D eigenvalue weighted by Gasteiger charge is -2.22. The van der Waals surface area contributed by atoms with E-state index >= 15 is 0 Å². The van der Waals surface area contributed by atoms with Gasteiger partial charge in [0.1, 0.15) is 11.5 Å². The van der Waals surface area contributed by atoms with Crippen LogP contribution in [0.25, 0.3) is 11.3 Å². The first-order valence-corrected chi connectivity index (χ1v) is 7.77. The molecule has 0 aliphatic heterocycles. The van der Waals surface area contributed by atoms with Crippen LogP contribution in [0.2, 0.25) is 5.02 Å². The van der Waals surface area contributed by atoms with E-state index in [9.17, 15) is 0 Å². The van der Waals surface area contributed by atoms with Crippen molar-refractivity contribution in [2.45, 2.75) is 44.7 Å². The van der Waals surface area contributed by atoms with E-state index in [0.29, 0.717) is 6.04 Å². The van der Waals surface area contributed by atoms with Gasteiger partial charge < -0.3 is 9.73 Å². The van der Waals surface area contributed by atoms with E-state index in [-0.39, 0.29) is 12.4 Å². The molecule has 1 saturated carbocycles. The molecule has 0 bridgehead atoms. The lowest BCUT2D eigenvalue weighted by Crippen LogP contribution is -2.30. The molecule has 0 unspecified atom stereocenters. The minimum absolute atomic E-state index is 0. The minimum Gasteiger partial charge on any atom is -0.460 e. The summed E-state index contributed by atoms with van der Waals surface area (Å²) >= 11 is 6.01. The molecule has 1 aromatic carbocycles. The van der Waals surface area contributed by atoms with Crippen LogP contribution in [0.3, 0.4) is 0 Å². The Hall–Kier alpha value is -0.960. The van der Waals surface area contributed by atoms with Crippen molar-refractivity contribution in [3.05, 3.63) is 47.2 Å². The van der Waals surface area contributed by atoms with Crippen LogP contribution in [0.1, 0.15) is 37.9 Å². The van der Waals surface area contributed by atoms with E-state index in [1.807, 2.05) is 36.4 Å². The Kier molecular flexibility index (Phi) is 6.16. The van der Waals surface area contributed by atoms with Crippen molar-refractivity contribution in [1.29, 1.82) is 0 Å². The SMILES string of the molecule is Cl.Clc1cccc(-c2ccc(CNC3CCCCC3)o2)c1. The summed E-state index contributed by atoms with van der Waals surface area (Å²) in [5, 5.41) is 4.33. The molecule has 1 N–H and O–H groups in total. The third kappa shape index (κ3) is 4.50. The van der Waals surface area contributed by atoms with Crippen LogP contribution >= 0.6 is 24.0 Å². The highest BCUT2D eigenvalue weighted by Gasteiger charge is 2.13. The Balaban J connectivity index is 0.00000161. The molecule has 2 nitrogen and oxygen atoms in total. The topological polar surface area (TPSA) is 25.2 Å². The maximum absolute atomic E-state index is 6.01. The molecule has 1 aliphatic carbocycles. The highest BCUT2D eigenvalue weighted by Crippen LogP contribution is 2.25. The molecular weight excluding hydrogens is 305 g/mol. The molecule has 1 fully saturated rings. The second-order valence-electron chi connectivity index (χ2n) is 5.49. The van der Waals surface area contributed by atoms with Gasteiger partial charge in [-0.15, -0.1) is 12.4 Å². The van der Waals surface area contributed by atoms with Crippen molar-refractivity contribution in [3.63, 3.8) is 0 Å². The third-order valence-electron chi connectivity index (χ3n) is 3.94.